The van der Waals surface area contributed by atoms with Gasteiger partial charge in [0.25, 0.3) is 0 Å². The summed E-state index contributed by atoms with van der Waals surface area (Å²) in [6, 6.07) is 9.76. The van der Waals surface area contributed by atoms with Crippen LogP contribution in [0.1, 0.15) is 12.0 Å². The molecular formula is C19H20FN3O3S3. The molecule has 0 aliphatic carbocycles. The predicted molar refractivity (Wildman–Crippen MR) is 116 cm³/mol. The molecule has 6 nitrogen and oxygen atoms in total. The zero-order valence-electron chi connectivity index (χ0n) is 15.8. The highest BCUT2D eigenvalue weighted by molar-refractivity contribution is 7.98. The van der Waals surface area contributed by atoms with E-state index in [1.54, 1.807) is 0 Å². The van der Waals surface area contributed by atoms with Gasteiger partial charge in [-0.3, -0.25) is 4.79 Å². The molecule has 10 heteroatoms. The van der Waals surface area contributed by atoms with Crippen molar-refractivity contribution in [2.45, 2.75) is 24.3 Å². The number of carbonyl (C=O) groups is 1. The monoisotopic (exact) mass is 453 g/mol. The molecule has 0 saturated carbocycles. The maximum absolute atomic E-state index is 14.0. The fourth-order valence-corrected chi connectivity index (χ4v) is 5.42. The fraction of sp³-hybridized carbons (Fsp3) is 0.263. The van der Waals surface area contributed by atoms with Gasteiger partial charge >= 0.3 is 0 Å². The van der Waals surface area contributed by atoms with Crippen LogP contribution in [0.2, 0.25) is 0 Å². The predicted octanol–water partition coefficient (Wildman–Crippen LogP) is 3.78. The molecule has 29 heavy (non-hydrogen) atoms. The van der Waals surface area contributed by atoms with Gasteiger partial charge in [0.05, 0.1) is 10.2 Å². The number of nitrogens with zero attached hydrogens (tertiary/aromatic N) is 1. The second kappa shape index (κ2) is 9.21. The lowest BCUT2D eigenvalue weighted by Gasteiger charge is -2.17. The molecule has 0 spiro atoms. The Morgan fingerprint density at radius 3 is 2.76 bits per heavy atom. The number of hydrogen-bond donors (Lipinski definition) is 2. The summed E-state index contributed by atoms with van der Waals surface area (Å²) in [5, 5.41) is 3.07. The van der Waals surface area contributed by atoms with Gasteiger partial charge in [0, 0.05) is 0 Å². The van der Waals surface area contributed by atoms with E-state index in [-0.39, 0.29) is 6.42 Å². The van der Waals surface area contributed by atoms with Crippen LogP contribution >= 0.6 is 23.1 Å². The van der Waals surface area contributed by atoms with Crippen molar-refractivity contribution in [1.29, 1.82) is 0 Å². The molecule has 0 radical (unpaired) electrons. The number of carbonyl (C=O) groups excluding carboxylic acids is 1. The first-order chi connectivity index (χ1) is 13.8. The quantitative estimate of drug-likeness (QED) is 0.542. The Labute approximate surface area is 177 Å². The van der Waals surface area contributed by atoms with E-state index in [9.17, 15) is 17.6 Å². The number of hydrogen-bond acceptors (Lipinski definition) is 6. The Kier molecular flexibility index (Phi) is 6.89. The number of sulfonamides is 1. The van der Waals surface area contributed by atoms with Gasteiger partial charge in [0.2, 0.25) is 15.9 Å². The number of rotatable bonds is 8. The second-order valence-electron chi connectivity index (χ2n) is 6.37. The Bertz CT molecular complexity index is 1130. The summed E-state index contributed by atoms with van der Waals surface area (Å²) < 4.78 is 42.4. The average Bonchev–Trinajstić information content (AvgIpc) is 3.06. The molecule has 0 saturated heterocycles. The van der Waals surface area contributed by atoms with Crippen molar-refractivity contribution >= 4 is 54.4 Å². The SMILES string of the molecule is CSCC[C@H](NS(=O)(=O)c1ccccc1F)C(=O)Nc1nc2ccc(C)cc2s1. The van der Waals surface area contributed by atoms with Crippen molar-refractivity contribution in [2.24, 2.45) is 0 Å². The lowest BCUT2D eigenvalue weighted by atomic mass is 10.2. The van der Waals surface area contributed by atoms with Gasteiger partial charge in [-0.2, -0.15) is 16.5 Å². The summed E-state index contributed by atoms with van der Waals surface area (Å²) in [7, 11) is -4.20. The number of amides is 1. The van der Waals surface area contributed by atoms with Crippen molar-refractivity contribution in [1.82, 2.24) is 9.71 Å². The summed E-state index contributed by atoms with van der Waals surface area (Å²) in [4.78, 5) is 16.7. The molecular weight excluding hydrogens is 433 g/mol. The standard InChI is InChI=1S/C19H20FN3O3S3/c1-12-7-8-14-16(11-12)28-19(21-14)22-18(24)15(9-10-27-2)23-29(25,26)17-6-4-3-5-13(17)20/h3-8,11,15,23H,9-10H2,1-2H3,(H,21,22,24)/t15-/m0/s1. The molecule has 3 rings (SSSR count). The number of nitrogens with one attached hydrogen (secondary N) is 2. The Morgan fingerprint density at radius 2 is 2.03 bits per heavy atom. The minimum atomic E-state index is -4.20. The summed E-state index contributed by atoms with van der Waals surface area (Å²) in [6.07, 6.45) is 2.11. The van der Waals surface area contributed by atoms with E-state index in [0.717, 1.165) is 27.9 Å². The number of halogens is 1. The third kappa shape index (κ3) is 5.33. The van der Waals surface area contributed by atoms with Crippen LogP contribution in [0.5, 0.6) is 0 Å². The van der Waals surface area contributed by atoms with Gasteiger partial charge in [-0.25, -0.2) is 17.8 Å². The van der Waals surface area contributed by atoms with Gasteiger partial charge in [0.15, 0.2) is 5.13 Å². The molecule has 1 heterocycles. The maximum atomic E-state index is 14.0. The van der Waals surface area contributed by atoms with Crippen molar-refractivity contribution in [3.05, 3.63) is 53.8 Å². The van der Waals surface area contributed by atoms with Crippen molar-refractivity contribution in [3.63, 3.8) is 0 Å². The molecule has 1 aromatic heterocycles. The number of fused-ring (bicyclic) bond motifs is 1. The summed E-state index contributed by atoms with van der Waals surface area (Å²) in [6.45, 7) is 1.97. The second-order valence-corrected chi connectivity index (χ2v) is 10.1. The molecule has 2 aromatic carbocycles. The maximum Gasteiger partial charge on any atom is 0.244 e. The Hall–Kier alpha value is -2.01. The van der Waals surface area contributed by atoms with E-state index in [4.69, 9.17) is 0 Å². The first-order valence-electron chi connectivity index (χ1n) is 8.74. The van der Waals surface area contributed by atoms with Gasteiger partial charge < -0.3 is 5.32 Å². The molecule has 0 fully saturated rings. The van der Waals surface area contributed by atoms with E-state index in [1.807, 2.05) is 31.4 Å². The number of aromatic nitrogens is 1. The minimum absolute atomic E-state index is 0.255. The number of aryl methyl sites for hydroxylation is 1. The molecule has 0 aliphatic heterocycles. The minimum Gasteiger partial charge on any atom is -0.301 e. The lowest BCUT2D eigenvalue weighted by Crippen LogP contribution is -2.44. The Balaban J connectivity index is 1.81. The number of anilines is 1. The summed E-state index contributed by atoms with van der Waals surface area (Å²) in [5.41, 5.74) is 1.83. The van der Waals surface area contributed by atoms with Crippen molar-refractivity contribution in [2.75, 3.05) is 17.3 Å². The Morgan fingerprint density at radius 1 is 1.28 bits per heavy atom. The van der Waals surface area contributed by atoms with Crippen LogP contribution in [-0.2, 0) is 14.8 Å². The highest BCUT2D eigenvalue weighted by Gasteiger charge is 2.28. The van der Waals surface area contributed by atoms with Crippen LogP contribution in [-0.4, -0.2) is 37.4 Å². The zero-order chi connectivity index (χ0) is 21.0. The van der Waals surface area contributed by atoms with E-state index >= 15 is 0 Å². The largest absolute Gasteiger partial charge is 0.301 e. The summed E-state index contributed by atoms with van der Waals surface area (Å²) >= 11 is 2.79. The molecule has 3 aromatic rings. The first-order valence-corrected chi connectivity index (χ1v) is 12.4. The van der Waals surface area contributed by atoms with Crippen molar-refractivity contribution < 1.29 is 17.6 Å². The highest BCUT2D eigenvalue weighted by atomic mass is 32.2. The third-order valence-corrected chi connectivity index (χ3v) is 7.21. The van der Waals surface area contributed by atoms with Crippen LogP contribution in [0.15, 0.2) is 47.4 Å². The normalized spacial score (nSPS) is 12.8. The van der Waals surface area contributed by atoms with E-state index < -0.39 is 32.7 Å². The summed E-state index contributed by atoms with van der Waals surface area (Å²) in [5.74, 6) is -0.850. The molecule has 2 N–H and O–H groups in total. The van der Waals surface area contributed by atoms with Gasteiger partial charge in [0.1, 0.15) is 16.8 Å². The van der Waals surface area contributed by atoms with Gasteiger partial charge in [-0.05, 0) is 55.2 Å². The first kappa shape index (κ1) is 21.7. The van der Waals surface area contributed by atoms with Gasteiger partial charge in [-0.1, -0.05) is 29.5 Å². The molecule has 1 amide bonds. The average molecular weight is 454 g/mol. The fourth-order valence-electron chi connectivity index (χ4n) is 2.67. The van der Waals surface area contributed by atoms with Crippen LogP contribution < -0.4 is 10.0 Å². The topological polar surface area (TPSA) is 88.2 Å². The zero-order valence-corrected chi connectivity index (χ0v) is 18.3. The van der Waals surface area contributed by atoms with Crippen LogP contribution in [0.4, 0.5) is 9.52 Å². The molecule has 0 aliphatic rings. The molecule has 1 atom stereocenters. The van der Waals surface area contributed by atoms with Crippen LogP contribution in [0.3, 0.4) is 0 Å². The van der Waals surface area contributed by atoms with Crippen LogP contribution in [0, 0.1) is 12.7 Å². The molecule has 0 unspecified atom stereocenters. The van der Waals surface area contributed by atoms with E-state index in [1.165, 1.54) is 35.2 Å². The van der Waals surface area contributed by atoms with Gasteiger partial charge in [-0.15, -0.1) is 0 Å². The lowest BCUT2D eigenvalue weighted by molar-refractivity contribution is -0.117. The number of benzene rings is 2. The van der Waals surface area contributed by atoms with E-state index in [0.29, 0.717) is 10.9 Å². The molecule has 154 valence electrons. The smallest absolute Gasteiger partial charge is 0.244 e. The van der Waals surface area contributed by atoms with E-state index in [2.05, 4.69) is 15.0 Å². The third-order valence-electron chi connectivity index (χ3n) is 4.12. The van der Waals surface area contributed by atoms with Crippen LogP contribution in [0.25, 0.3) is 10.2 Å². The number of thioether (sulfide) groups is 1. The molecule has 0 bridgehead atoms. The highest BCUT2D eigenvalue weighted by Crippen LogP contribution is 2.27. The van der Waals surface area contributed by atoms with Crippen molar-refractivity contribution in [3.8, 4) is 0 Å². The number of thiazole rings is 1.